The summed E-state index contributed by atoms with van der Waals surface area (Å²) in [4.78, 5) is 33.7. The molecule has 4 heterocycles. The number of likely N-dealkylation sites (tertiary alicyclic amines) is 2. The topological polar surface area (TPSA) is 82.6 Å². The van der Waals surface area contributed by atoms with E-state index in [0.29, 0.717) is 32.0 Å². The second kappa shape index (κ2) is 9.55. The number of piperidine rings is 2. The fraction of sp³-hybridized carbons (Fsp3) is 0.742. The summed E-state index contributed by atoms with van der Waals surface area (Å²) in [7, 11) is -0.488. The number of hydrogen-bond donors (Lipinski definition) is 1. The van der Waals surface area contributed by atoms with Crippen LogP contribution in [0.4, 0.5) is 5.69 Å². The Balaban J connectivity index is 1.30. The molecule has 0 aromatic heterocycles. The molecule has 3 saturated heterocycles. The standard InChI is InChI=1S/C31H46BN3O5/c1-28(2,38)26(36)34-16-12-31(13-17-34)24-11-10-21(32-39-29(3,4)30(5,6)40-32)18-25(24)35(27(31)37)23-19-22(20-23)33-14-8-7-9-15-33/h10-11,18,22-23,38H,7-9,12-17,19-20H2,1-6H3/t22-,23+. The molecule has 4 aliphatic heterocycles. The van der Waals surface area contributed by atoms with Crippen molar-refractivity contribution in [2.24, 2.45) is 0 Å². The first-order valence-corrected chi connectivity index (χ1v) is 15.3. The lowest BCUT2D eigenvalue weighted by Crippen LogP contribution is -2.59. The Bertz CT molecular complexity index is 1160. The second-order valence-electron chi connectivity index (χ2n) is 14.3. The van der Waals surface area contributed by atoms with Crippen LogP contribution in [-0.4, -0.2) is 88.9 Å². The van der Waals surface area contributed by atoms with Crippen molar-refractivity contribution in [1.29, 1.82) is 0 Å². The molecule has 1 saturated carbocycles. The number of fused-ring (bicyclic) bond motifs is 2. The van der Waals surface area contributed by atoms with Crippen LogP contribution in [0, 0.1) is 0 Å². The number of benzene rings is 1. The molecule has 40 heavy (non-hydrogen) atoms. The highest BCUT2D eigenvalue weighted by atomic mass is 16.7. The third-order valence-electron chi connectivity index (χ3n) is 10.7. The van der Waals surface area contributed by atoms with Crippen LogP contribution >= 0.6 is 0 Å². The molecule has 0 radical (unpaired) electrons. The van der Waals surface area contributed by atoms with Crippen molar-refractivity contribution in [2.75, 3.05) is 31.1 Å². The van der Waals surface area contributed by atoms with Crippen molar-refractivity contribution >= 4 is 30.1 Å². The van der Waals surface area contributed by atoms with Crippen LogP contribution in [0.2, 0.25) is 0 Å². The molecule has 1 spiro atoms. The van der Waals surface area contributed by atoms with E-state index in [1.807, 2.05) is 0 Å². The Labute approximate surface area is 239 Å². The zero-order chi connectivity index (χ0) is 28.7. The molecular formula is C31H46BN3O5. The van der Waals surface area contributed by atoms with Gasteiger partial charge in [-0.3, -0.25) is 9.59 Å². The van der Waals surface area contributed by atoms with Crippen LogP contribution < -0.4 is 10.4 Å². The molecule has 1 aliphatic carbocycles. The molecule has 4 fully saturated rings. The number of carbonyl (C=O) groups excluding carboxylic acids is 2. The molecule has 9 heteroatoms. The maximum absolute atomic E-state index is 14.5. The van der Waals surface area contributed by atoms with Gasteiger partial charge in [0.25, 0.3) is 5.91 Å². The van der Waals surface area contributed by atoms with E-state index in [-0.39, 0.29) is 17.9 Å². The quantitative estimate of drug-likeness (QED) is 0.580. The second-order valence-corrected chi connectivity index (χ2v) is 14.3. The van der Waals surface area contributed by atoms with Gasteiger partial charge in [0.15, 0.2) is 0 Å². The van der Waals surface area contributed by atoms with Crippen LogP contribution in [0.3, 0.4) is 0 Å². The minimum Gasteiger partial charge on any atom is -0.399 e. The van der Waals surface area contributed by atoms with Gasteiger partial charge in [-0.05, 0) is 110 Å². The third kappa shape index (κ3) is 4.43. The van der Waals surface area contributed by atoms with Crippen molar-refractivity contribution < 1.29 is 24.0 Å². The summed E-state index contributed by atoms with van der Waals surface area (Å²) in [5.74, 6) is -0.102. The largest absolute Gasteiger partial charge is 0.494 e. The van der Waals surface area contributed by atoms with Gasteiger partial charge in [0.1, 0.15) is 5.60 Å². The van der Waals surface area contributed by atoms with Gasteiger partial charge in [-0.15, -0.1) is 0 Å². The molecule has 6 rings (SSSR count). The number of rotatable bonds is 4. The van der Waals surface area contributed by atoms with E-state index in [1.165, 1.54) is 46.2 Å². The molecule has 8 nitrogen and oxygen atoms in total. The van der Waals surface area contributed by atoms with E-state index in [4.69, 9.17) is 9.31 Å². The van der Waals surface area contributed by atoms with Crippen molar-refractivity contribution in [3.8, 4) is 0 Å². The smallest absolute Gasteiger partial charge is 0.399 e. The number of amides is 2. The third-order valence-corrected chi connectivity index (χ3v) is 10.7. The van der Waals surface area contributed by atoms with Crippen LogP contribution in [0.15, 0.2) is 18.2 Å². The summed E-state index contributed by atoms with van der Waals surface area (Å²) in [6.45, 7) is 14.6. The molecular weight excluding hydrogens is 505 g/mol. The first kappa shape index (κ1) is 28.2. The summed E-state index contributed by atoms with van der Waals surface area (Å²) in [6, 6.07) is 7.04. The van der Waals surface area contributed by atoms with Crippen LogP contribution in [0.25, 0.3) is 0 Å². The predicted octanol–water partition coefficient (Wildman–Crippen LogP) is 2.98. The zero-order valence-electron chi connectivity index (χ0n) is 25.2. The van der Waals surface area contributed by atoms with Gasteiger partial charge in [0.2, 0.25) is 5.91 Å². The molecule has 5 aliphatic rings. The van der Waals surface area contributed by atoms with Crippen molar-refractivity contribution in [3.05, 3.63) is 23.8 Å². The van der Waals surface area contributed by atoms with E-state index in [1.54, 1.807) is 4.90 Å². The normalized spacial score (nSPS) is 29.6. The molecule has 218 valence electrons. The van der Waals surface area contributed by atoms with Gasteiger partial charge in [0.05, 0.1) is 16.6 Å². The van der Waals surface area contributed by atoms with E-state index in [0.717, 1.165) is 29.6 Å². The maximum Gasteiger partial charge on any atom is 0.494 e. The fourth-order valence-electron chi connectivity index (χ4n) is 7.41. The van der Waals surface area contributed by atoms with E-state index < -0.39 is 29.3 Å². The number of hydrogen-bond acceptors (Lipinski definition) is 6. The Morgan fingerprint density at radius 3 is 2.12 bits per heavy atom. The lowest BCUT2D eigenvalue weighted by Gasteiger charge is -2.48. The van der Waals surface area contributed by atoms with Gasteiger partial charge in [-0.25, -0.2) is 0 Å². The Hall–Kier alpha value is -1.94. The average Bonchev–Trinajstić information content (AvgIpc) is 3.24. The summed E-state index contributed by atoms with van der Waals surface area (Å²) in [5.41, 5.74) is 0.0496. The number of anilines is 1. The SMILES string of the molecule is CC(C)(O)C(=O)N1CCC2(CC1)C(=O)N([C@H]1C[C@@H](N3CCCCC3)C1)c1cc(B3OC(C)(C)C(C)(C)O3)ccc12. The molecule has 2 amide bonds. The summed E-state index contributed by atoms with van der Waals surface area (Å²) in [5, 5.41) is 10.3. The Morgan fingerprint density at radius 1 is 0.950 bits per heavy atom. The lowest BCUT2D eigenvalue weighted by molar-refractivity contribution is -0.150. The predicted molar refractivity (Wildman–Crippen MR) is 156 cm³/mol. The van der Waals surface area contributed by atoms with Crippen molar-refractivity contribution in [3.63, 3.8) is 0 Å². The number of carbonyl (C=O) groups is 2. The highest BCUT2D eigenvalue weighted by molar-refractivity contribution is 6.62. The Kier molecular flexibility index (Phi) is 6.73. The van der Waals surface area contributed by atoms with Crippen LogP contribution in [0.5, 0.6) is 0 Å². The lowest BCUT2D eigenvalue weighted by atomic mass is 9.71. The maximum atomic E-state index is 14.5. The summed E-state index contributed by atoms with van der Waals surface area (Å²) >= 11 is 0. The van der Waals surface area contributed by atoms with E-state index >= 15 is 0 Å². The first-order valence-electron chi connectivity index (χ1n) is 15.3. The molecule has 1 aromatic carbocycles. The van der Waals surface area contributed by atoms with Crippen LogP contribution in [-0.2, 0) is 24.3 Å². The summed E-state index contributed by atoms with van der Waals surface area (Å²) in [6.07, 6.45) is 7.00. The van der Waals surface area contributed by atoms with E-state index in [2.05, 4.69) is 55.7 Å². The van der Waals surface area contributed by atoms with Gasteiger partial charge in [-0.1, -0.05) is 18.6 Å². The monoisotopic (exact) mass is 551 g/mol. The van der Waals surface area contributed by atoms with Crippen LogP contribution in [0.1, 0.15) is 92.1 Å². The summed E-state index contributed by atoms with van der Waals surface area (Å²) < 4.78 is 12.8. The molecule has 1 N–H and O–H groups in total. The first-order chi connectivity index (χ1) is 18.7. The number of aliphatic hydroxyl groups is 1. The van der Waals surface area contributed by atoms with Crippen molar-refractivity contribution in [2.45, 2.75) is 121 Å². The van der Waals surface area contributed by atoms with Gasteiger partial charge >= 0.3 is 7.12 Å². The van der Waals surface area contributed by atoms with Gasteiger partial charge in [-0.2, -0.15) is 0 Å². The van der Waals surface area contributed by atoms with Gasteiger partial charge in [0, 0.05) is 30.9 Å². The highest BCUT2D eigenvalue weighted by Crippen LogP contribution is 2.51. The van der Waals surface area contributed by atoms with E-state index in [9.17, 15) is 14.7 Å². The minimum absolute atomic E-state index is 0.172. The molecule has 0 unspecified atom stereocenters. The fourth-order valence-corrected chi connectivity index (χ4v) is 7.41. The minimum atomic E-state index is -1.42. The van der Waals surface area contributed by atoms with Gasteiger partial charge < -0.3 is 29.1 Å². The zero-order valence-corrected chi connectivity index (χ0v) is 25.2. The number of nitrogens with zero attached hydrogens (tertiary/aromatic N) is 3. The molecule has 0 bridgehead atoms. The highest BCUT2D eigenvalue weighted by Gasteiger charge is 2.57. The Morgan fingerprint density at radius 2 is 1.55 bits per heavy atom. The molecule has 1 aromatic rings. The average molecular weight is 552 g/mol. The van der Waals surface area contributed by atoms with Crippen molar-refractivity contribution in [1.82, 2.24) is 9.80 Å². The molecule has 0 atom stereocenters.